The van der Waals surface area contributed by atoms with E-state index in [1.807, 2.05) is 43.0 Å². The molecule has 0 bridgehead atoms. The molecule has 1 atom stereocenters. The van der Waals surface area contributed by atoms with Crippen LogP contribution in [-0.2, 0) is 0 Å². The van der Waals surface area contributed by atoms with Crippen molar-refractivity contribution in [2.75, 3.05) is 19.7 Å². The maximum atomic E-state index is 12.7. The first-order valence-electron chi connectivity index (χ1n) is 9.33. The van der Waals surface area contributed by atoms with Gasteiger partial charge < -0.3 is 9.64 Å². The molecule has 1 aliphatic rings. The topological polar surface area (TPSA) is 55.3 Å². The van der Waals surface area contributed by atoms with Crippen molar-refractivity contribution in [3.05, 3.63) is 53.6 Å². The summed E-state index contributed by atoms with van der Waals surface area (Å²) in [6.07, 6.45) is 5.38. The second-order valence-corrected chi connectivity index (χ2v) is 7.37. The lowest BCUT2D eigenvalue weighted by atomic mass is 9.98. The molecule has 1 saturated heterocycles. The number of hydrogen-bond donors (Lipinski definition) is 0. The fourth-order valence-electron chi connectivity index (χ4n) is 3.16. The van der Waals surface area contributed by atoms with E-state index in [9.17, 15) is 4.79 Å². The molecule has 0 aliphatic carbocycles. The molecule has 3 rings (SSSR count). The summed E-state index contributed by atoms with van der Waals surface area (Å²) in [6.45, 7) is 8.28. The van der Waals surface area contributed by atoms with Crippen molar-refractivity contribution >= 4 is 5.91 Å². The van der Waals surface area contributed by atoms with Crippen LogP contribution in [0.2, 0.25) is 0 Å². The Labute approximate surface area is 155 Å². The van der Waals surface area contributed by atoms with Crippen LogP contribution in [0.15, 0.2) is 36.7 Å². The molecule has 0 spiro atoms. The number of carbonyl (C=O) groups excluding carboxylic acids is 1. The third kappa shape index (κ3) is 4.59. The van der Waals surface area contributed by atoms with Crippen LogP contribution in [0, 0.1) is 12.8 Å². The van der Waals surface area contributed by atoms with Crippen molar-refractivity contribution in [2.24, 2.45) is 5.92 Å². The van der Waals surface area contributed by atoms with Crippen molar-refractivity contribution in [1.29, 1.82) is 0 Å². The van der Waals surface area contributed by atoms with Gasteiger partial charge in [0.2, 0.25) is 0 Å². The van der Waals surface area contributed by atoms with Gasteiger partial charge in [0.25, 0.3) is 5.91 Å². The molecule has 2 heterocycles. The average molecular weight is 353 g/mol. The second-order valence-electron chi connectivity index (χ2n) is 7.37. The van der Waals surface area contributed by atoms with Gasteiger partial charge in [0, 0.05) is 37.3 Å². The molecule has 1 fully saturated rings. The smallest absolute Gasteiger partial charge is 0.257 e. The number of rotatable bonds is 5. The summed E-state index contributed by atoms with van der Waals surface area (Å²) >= 11 is 0. The predicted molar refractivity (Wildman–Crippen MR) is 101 cm³/mol. The van der Waals surface area contributed by atoms with E-state index < -0.39 is 0 Å². The molecular formula is C21H27N3O2. The summed E-state index contributed by atoms with van der Waals surface area (Å²) in [5, 5.41) is 0. The van der Waals surface area contributed by atoms with Gasteiger partial charge in [-0.2, -0.15) is 0 Å². The van der Waals surface area contributed by atoms with Crippen molar-refractivity contribution < 1.29 is 9.53 Å². The molecule has 0 saturated carbocycles. The molecule has 1 aromatic heterocycles. The van der Waals surface area contributed by atoms with Gasteiger partial charge >= 0.3 is 0 Å². The summed E-state index contributed by atoms with van der Waals surface area (Å²) in [5.41, 5.74) is 1.78. The highest BCUT2D eigenvalue weighted by molar-refractivity contribution is 5.93. The number of likely N-dealkylation sites (tertiary alicyclic amines) is 1. The predicted octanol–water partition coefficient (Wildman–Crippen LogP) is 3.84. The van der Waals surface area contributed by atoms with Crippen molar-refractivity contribution in [2.45, 2.75) is 39.5 Å². The fraction of sp³-hybridized carbons (Fsp3) is 0.476. The monoisotopic (exact) mass is 353 g/mol. The Morgan fingerprint density at radius 1 is 1.23 bits per heavy atom. The number of aromatic nitrogens is 2. The van der Waals surface area contributed by atoms with Crippen LogP contribution < -0.4 is 4.74 Å². The number of carbonyl (C=O) groups is 1. The molecule has 0 N–H and O–H groups in total. The number of benzene rings is 1. The molecule has 26 heavy (non-hydrogen) atoms. The zero-order valence-electron chi connectivity index (χ0n) is 15.8. The number of piperidine rings is 1. The Morgan fingerprint density at radius 3 is 2.58 bits per heavy atom. The van der Waals surface area contributed by atoms with Crippen LogP contribution in [-0.4, -0.2) is 40.5 Å². The van der Waals surface area contributed by atoms with E-state index in [0.717, 1.165) is 37.5 Å². The molecule has 1 aliphatic heterocycles. The number of amides is 1. The SMILES string of the molecule is Cc1ccc(OC[C@@H]2CCCN(C(=O)c3cnc(C(C)C)nc3)C2)cc1. The minimum absolute atomic E-state index is 0.0142. The molecule has 0 unspecified atom stereocenters. The molecule has 5 heteroatoms. The number of ether oxygens (including phenoxy) is 1. The molecule has 138 valence electrons. The van der Waals surface area contributed by atoms with Crippen LogP contribution >= 0.6 is 0 Å². The van der Waals surface area contributed by atoms with E-state index in [1.165, 1.54) is 5.56 Å². The summed E-state index contributed by atoms with van der Waals surface area (Å²) in [6, 6.07) is 8.09. The van der Waals surface area contributed by atoms with Gasteiger partial charge in [0.15, 0.2) is 0 Å². The van der Waals surface area contributed by atoms with Crippen LogP contribution in [0.25, 0.3) is 0 Å². The third-order valence-corrected chi connectivity index (χ3v) is 4.75. The molecule has 2 aromatic rings. The van der Waals surface area contributed by atoms with Gasteiger partial charge in [0.05, 0.1) is 12.2 Å². The normalized spacial score (nSPS) is 17.4. The Bertz CT molecular complexity index is 726. The van der Waals surface area contributed by atoms with Gasteiger partial charge in [-0.05, 0) is 31.9 Å². The Morgan fingerprint density at radius 2 is 1.92 bits per heavy atom. The molecule has 1 aromatic carbocycles. The van der Waals surface area contributed by atoms with Crippen molar-refractivity contribution in [3.63, 3.8) is 0 Å². The lowest BCUT2D eigenvalue weighted by Crippen LogP contribution is -2.41. The van der Waals surface area contributed by atoms with Crippen molar-refractivity contribution in [3.8, 4) is 5.75 Å². The van der Waals surface area contributed by atoms with Gasteiger partial charge in [-0.3, -0.25) is 4.79 Å². The maximum Gasteiger partial charge on any atom is 0.257 e. The maximum absolute atomic E-state index is 12.7. The first-order valence-corrected chi connectivity index (χ1v) is 9.33. The first-order chi connectivity index (χ1) is 12.5. The summed E-state index contributed by atoms with van der Waals surface area (Å²) in [5.74, 6) is 2.28. The van der Waals surface area contributed by atoms with Gasteiger partial charge in [-0.15, -0.1) is 0 Å². The highest BCUT2D eigenvalue weighted by atomic mass is 16.5. The van der Waals surface area contributed by atoms with E-state index in [0.29, 0.717) is 18.1 Å². The zero-order chi connectivity index (χ0) is 18.5. The van der Waals surface area contributed by atoms with Crippen LogP contribution in [0.1, 0.15) is 54.4 Å². The highest BCUT2D eigenvalue weighted by Gasteiger charge is 2.25. The minimum Gasteiger partial charge on any atom is -0.493 e. The van der Waals surface area contributed by atoms with Crippen LogP contribution in [0.3, 0.4) is 0 Å². The Hall–Kier alpha value is -2.43. The van der Waals surface area contributed by atoms with Crippen LogP contribution in [0.4, 0.5) is 0 Å². The summed E-state index contributed by atoms with van der Waals surface area (Å²) in [4.78, 5) is 23.3. The minimum atomic E-state index is 0.0142. The lowest BCUT2D eigenvalue weighted by molar-refractivity contribution is 0.0632. The van der Waals surface area contributed by atoms with Gasteiger partial charge in [-0.25, -0.2) is 9.97 Å². The highest BCUT2D eigenvalue weighted by Crippen LogP contribution is 2.21. The lowest BCUT2D eigenvalue weighted by Gasteiger charge is -2.32. The van der Waals surface area contributed by atoms with Crippen molar-refractivity contribution in [1.82, 2.24) is 14.9 Å². The van der Waals surface area contributed by atoms with E-state index in [2.05, 4.69) is 16.9 Å². The van der Waals surface area contributed by atoms with E-state index in [-0.39, 0.29) is 11.8 Å². The van der Waals surface area contributed by atoms with E-state index >= 15 is 0 Å². The average Bonchev–Trinajstić information content (AvgIpc) is 2.67. The second kappa shape index (κ2) is 8.30. The van der Waals surface area contributed by atoms with Gasteiger partial charge in [0.1, 0.15) is 11.6 Å². The van der Waals surface area contributed by atoms with Gasteiger partial charge in [-0.1, -0.05) is 31.5 Å². The first kappa shape index (κ1) is 18.4. The molecular weight excluding hydrogens is 326 g/mol. The number of nitrogens with zero attached hydrogens (tertiary/aromatic N) is 3. The zero-order valence-corrected chi connectivity index (χ0v) is 15.8. The fourth-order valence-corrected chi connectivity index (χ4v) is 3.16. The summed E-state index contributed by atoms with van der Waals surface area (Å²) < 4.78 is 5.91. The molecule has 0 radical (unpaired) electrons. The number of aryl methyl sites for hydroxylation is 1. The Kier molecular flexibility index (Phi) is 5.86. The quantitative estimate of drug-likeness (QED) is 0.819. The van der Waals surface area contributed by atoms with Crippen LogP contribution in [0.5, 0.6) is 5.75 Å². The third-order valence-electron chi connectivity index (χ3n) is 4.75. The molecule has 1 amide bonds. The van der Waals surface area contributed by atoms with E-state index in [1.54, 1.807) is 12.4 Å². The standard InChI is InChI=1S/C21H27N3O2/c1-15(2)20-22-11-18(12-23-20)21(25)24-10-4-5-17(13-24)14-26-19-8-6-16(3)7-9-19/h6-9,11-12,15,17H,4-5,10,13-14H2,1-3H3/t17-/m1/s1. The largest absolute Gasteiger partial charge is 0.493 e. The Balaban J connectivity index is 1.57. The molecule has 5 nitrogen and oxygen atoms in total. The summed E-state index contributed by atoms with van der Waals surface area (Å²) in [7, 11) is 0. The number of hydrogen-bond acceptors (Lipinski definition) is 4. The van der Waals surface area contributed by atoms with E-state index in [4.69, 9.17) is 4.74 Å².